The Balaban J connectivity index is 2.23. The van der Waals surface area contributed by atoms with E-state index < -0.39 is 0 Å². The van der Waals surface area contributed by atoms with Gasteiger partial charge in [0.25, 0.3) is 5.91 Å². The van der Waals surface area contributed by atoms with E-state index in [2.05, 4.69) is 5.32 Å². The largest absolute Gasteiger partial charge is 0.507 e. The smallest absolute Gasteiger partial charge is 0.255 e. The van der Waals surface area contributed by atoms with Crippen molar-refractivity contribution >= 4 is 34.2 Å². The molecule has 98 valence electrons. The third-order valence-electron chi connectivity index (χ3n) is 2.85. The van der Waals surface area contributed by atoms with Crippen molar-refractivity contribution < 1.29 is 9.90 Å². The number of hydrogen-bond acceptors (Lipinski definition) is 2. The van der Waals surface area contributed by atoms with Gasteiger partial charge in [0.15, 0.2) is 0 Å². The van der Waals surface area contributed by atoms with Gasteiger partial charge in [-0.1, -0.05) is 25.1 Å². The van der Waals surface area contributed by atoms with Gasteiger partial charge in [0.2, 0.25) is 0 Å². The highest BCUT2D eigenvalue weighted by Gasteiger charge is 2.10. The van der Waals surface area contributed by atoms with E-state index in [0.29, 0.717) is 5.56 Å². The third-order valence-corrected chi connectivity index (χ3v) is 3.77. The van der Waals surface area contributed by atoms with Gasteiger partial charge in [-0.25, -0.2) is 0 Å². The Kier molecular flexibility index (Phi) is 4.42. The number of para-hydroxylation sites is 1. The van der Waals surface area contributed by atoms with Gasteiger partial charge >= 0.3 is 0 Å². The first-order valence-corrected chi connectivity index (χ1v) is 7.07. The Morgan fingerprint density at radius 1 is 1.26 bits per heavy atom. The Hall–Kier alpha value is -1.56. The SMILES string of the molecule is CCc1ccccc1NC(=O)c1ccc(I)c(O)c1. The van der Waals surface area contributed by atoms with Gasteiger partial charge in [-0.05, 0) is 58.8 Å². The molecular formula is C15H14INO2. The van der Waals surface area contributed by atoms with Crippen LogP contribution in [0.25, 0.3) is 0 Å². The predicted molar refractivity (Wildman–Crippen MR) is 84.6 cm³/mol. The van der Waals surface area contributed by atoms with Crippen molar-refractivity contribution in [2.45, 2.75) is 13.3 Å². The van der Waals surface area contributed by atoms with Crippen LogP contribution in [-0.4, -0.2) is 11.0 Å². The zero-order valence-corrected chi connectivity index (χ0v) is 12.6. The second-order valence-electron chi connectivity index (χ2n) is 4.13. The standard InChI is InChI=1S/C15H14INO2/c1-2-10-5-3-4-6-13(10)17-15(19)11-7-8-12(16)14(18)9-11/h3-9,18H,2H2,1H3,(H,17,19). The molecule has 2 aromatic rings. The number of benzene rings is 2. The quantitative estimate of drug-likeness (QED) is 0.811. The van der Waals surface area contributed by atoms with Crippen molar-refractivity contribution in [3.8, 4) is 5.75 Å². The van der Waals surface area contributed by atoms with Crippen LogP contribution in [-0.2, 0) is 6.42 Å². The number of phenolic OH excluding ortho intramolecular Hbond substituents is 1. The van der Waals surface area contributed by atoms with Crippen LogP contribution >= 0.6 is 22.6 Å². The van der Waals surface area contributed by atoms with Gasteiger partial charge in [-0.2, -0.15) is 0 Å². The molecule has 4 heteroatoms. The summed E-state index contributed by atoms with van der Waals surface area (Å²) in [6.07, 6.45) is 0.856. The van der Waals surface area contributed by atoms with E-state index in [4.69, 9.17) is 0 Å². The molecule has 0 spiro atoms. The minimum atomic E-state index is -0.215. The maximum absolute atomic E-state index is 12.1. The Morgan fingerprint density at radius 3 is 2.68 bits per heavy atom. The molecule has 0 saturated heterocycles. The van der Waals surface area contributed by atoms with Gasteiger partial charge in [0.05, 0.1) is 3.57 Å². The maximum atomic E-state index is 12.1. The Morgan fingerprint density at radius 2 is 2.00 bits per heavy atom. The summed E-state index contributed by atoms with van der Waals surface area (Å²) in [7, 11) is 0. The van der Waals surface area contributed by atoms with E-state index in [9.17, 15) is 9.90 Å². The van der Waals surface area contributed by atoms with E-state index in [1.807, 2.05) is 53.8 Å². The van der Waals surface area contributed by atoms with E-state index in [1.165, 1.54) is 6.07 Å². The second-order valence-corrected chi connectivity index (χ2v) is 5.29. The van der Waals surface area contributed by atoms with Crippen molar-refractivity contribution in [1.82, 2.24) is 0 Å². The van der Waals surface area contributed by atoms with E-state index >= 15 is 0 Å². The molecule has 0 saturated carbocycles. The monoisotopic (exact) mass is 367 g/mol. The van der Waals surface area contributed by atoms with Crippen molar-refractivity contribution in [3.05, 3.63) is 57.2 Å². The lowest BCUT2D eigenvalue weighted by Gasteiger charge is -2.10. The minimum Gasteiger partial charge on any atom is -0.507 e. The van der Waals surface area contributed by atoms with Gasteiger partial charge in [0, 0.05) is 11.3 Å². The third kappa shape index (κ3) is 3.26. The molecule has 2 rings (SSSR count). The molecule has 0 aliphatic carbocycles. The highest BCUT2D eigenvalue weighted by Crippen LogP contribution is 2.22. The van der Waals surface area contributed by atoms with Crippen LogP contribution in [0.2, 0.25) is 0 Å². The Bertz CT molecular complexity index is 611. The average Bonchev–Trinajstić information content (AvgIpc) is 2.42. The molecule has 0 aliphatic rings. The van der Waals surface area contributed by atoms with E-state index in [-0.39, 0.29) is 11.7 Å². The number of hydrogen-bond donors (Lipinski definition) is 2. The normalized spacial score (nSPS) is 10.2. The van der Waals surface area contributed by atoms with Crippen LogP contribution < -0.4 is 5.32 Å². The molecule has 0 unspecified atom stereocenters. The van der Waals surface area contributed by atoms with Crippen molar-refractivity contribution in [3.63, 3.8) is 0 Å². The van der Waals surface area contributed by atoms with Crippen molar-refractivity contribution in [1.29, 1.82) is 0 Å². The first-order valence-electron chi connectivity index (χ1n) is 5.99. The molecule has 0 aliphatic heterocycles. The summed E-state index contributed by atoms with van der Waals surface area (Å²) in [5.41, 5.74) is 2.35. The highest BCUT2D eigenvalue weighted by atomic mass is 127. The number of rotatable bonds is 3. The molecular weight excluding hydrogens is 353 g/mol. The molecule has 1 amide bonds. The number of nitrogens with one attached hydrogen (secondary N) is 1. The summed E-state index contributed by atoms with van der Waals surface area (Å²) >= 11 is 2.02. The van der Waals surface area contributed by atoms with E-state index in [0.717, 1.165) is 21.2 Å². The molecule has 0 fully saturated rings. The van der Waals surface area contributed by atoms with Crippen LogP contribution in [0.3, 0.4) is 0 Å². The number of aryl methyl sites for hydroxylation is 1. The lowest BCUT2D eigenvalue weighted by Crippen LogP contribution is -2.13. The topological polar surface area (TPSA) is 49.3 Å². The van der Waals surface area contributed by atoms with Crippen LogP contribution in [0.5, 0.6) is 5.75 Å². The number of aromatic hydroxyl groups is 1. The molecule has 0 bridgehead atoms. The van der Waals surface area contributed by atoms with Gasteiger partial charge in [0.1, 0.15) is 5.75 Å². The lowest BCUT2D eigenvalue weighted by molar-refractivity contribution is 0.102. The van der Waals surface area contributed by atoms with Crippen molar-refractivity contribution in [2.24, 2.45) is 0 Å². The number of phenols is 1. The molecule has 3 nitrogen and oxygen atoms in total. The van der Waals surface area contributed by atoms with Crippen LogP contribution in [0.15, 0.2) is 42.5 Å². The summed E-state index contributed by atoms with van der Waals surface area (Å²) in [4.78, 5) is 12.1. The summed E-state index contributed by atoms with van der Waals surface area (Å²) in [6, 6.07) is 12.6. The van der Waals surface area contributed by atoms with Crippen LogP contribution in [0.4, 0.5) is 5.69 Å². The zero-order chi connectivity index (χ0) is 13.8. The molecule has 0 heterocycles. The van der Waals surface area contributed by atoms with Crippen LogP contribution in [0, 0.1) is 3.57 Å². The fourth-order valence-electron chi connectivity index (χ4n) is 1.80. The second kappa shape index (κ2) is 6.06. The molecule has 19 heavy (non-hydrogen) atoms. The van der Waals surface area contributed by atoms with Gasteiger partial charge in [-0.15, -0.1) is 0 Å². The van der Waals surface area contributed by atoms with Crippen LogP contribution in [0.1, 0.15) is 22.8 Å². The van der Waals surface area contributed by atoms with E-state index in [1.54, 1.807) is 12.1 Å². The maximum Gasteiger partial charge on any atom is 0.255 e. The number of amides is 1. The lowest BCUT2D eigenvalue weighted by atomic mass is 10.1. The number of carbonyl (C=O) groups excluding carboxylic acids is 1. The molecule has 0 aromatic heterocycles. The fourth-order valence-corrected chi connectivity index (χ4v) is 2.13. The Labute approximate surface area is 125 Å². The predicted octanol–water partition coefficient (Wildman–Crippen LogP) is 3.81. The zero-order valence-electron chi connectivity index (χ0n) is 10.5. The number of anilines is 1. The number of carbonyl (C=O) groups is 1. The summed E-state index contributed by atoms with van der Waals surface area (Å²) < 4.78 is 0.725. The van der Waals surface area contributed by atoms with Gasteiger partial charge in [-0.3, -0.25) is 4.79 Å². The summed E-state index contributed by atoms with van der Waals surface area (Å²) in [6.45, 7) is 2.04. The fraction of sp³-hybridized carbons (Fsp3) is 0.133. The molecule has 2 aromatic carbocycles. The first kappa shape index (κ1) is 13.9. The molecule has 0 radical (unpaired) electrons. The summed E-state index contributed by atoms with van der Waals surface area (Å²) in [5.74, 6) is -0.0929. The highest BCUT2D eigenvalue weighted by molar-refractivity contribution is 14.1. The molecule has 2 N–H and O–H groups in total. The number of halogens is 1. The van der Waals surface area contributed by atoms with Gasteiger partial charge < -0.3 is 10.4 Å². The first-order chi connectivity index (χ1) is 9.11. The summed E-state index contributed by atoms with van der Waals surface area (Å²) in [5, 5.41) is 12.5. The van der Waals surface area contributed by atoms with Crippen molar-refractivity contribution in [2.75, 3.05) is 5.32 Å². The molecule has 0 atom stereocenters. The average molecular weight is 367 g/mol. The minimum absolute atomic E-state index is 0.122.